The third-order valence-electron chi connectivity index (χ3n) is 1.39. The van der Waals surface area contributed by atoms with Crippen LogP contribution in [0.3, 0.4) is 0 Å². The molecular weight excluding hydrogens is 172 g/mol. The van der Waals surface area contributed by atoms with Crippen LogP contribution in [0.25, 0.3) is 0 Å². The number of nitrogens with two attached hydrogens (primary N) is 1. The highest BCUT2D eigenvalue weighted by Gasteiger charge is 1.96. The highest BCUT2D eigenvalue weighted by molar-refractivity contribution is 5.90. The summed E-state index contributed by atoms with van der Waals surface area (Å²) in [6.07, 6.45) is 0. The van der Waals surface area contributed by atoms with Crippen LogP contribution < -0.4 is 16.2 Å². The number of urea groups is 1. The van der Waals surface area contributed by atoms with Crippen molar-refractivity contribution >= 4 is 17.7 Å². The van der Waals surface area contributed by atoms with E-state index >= 15 is 0 Å². The fourth-order valence-corrected chi connectivity index (χ4v) is 0.832. The standard InChI is InChI=1S/C8H8N2O3/c9-8(13)10-6-3-1-5(2-4-6)7(11)12/h1-4H,(H,11,12)(H3,9,10,13)/p-1. The lowest BCUT2D eigenvalue weighted by Gasteiger charge is -2.04. The number of carbonyl (C=O) groups excluding carboxylic acids is 2. The van der Waals surface area contributed by atoms with Crippen LogP contribution in [0.4, 0.5) is 10.5 Å². The van der Waals surface area contributed by atoms with Crippen LogP contribution in [-0.4, -0.2) is 12.0 Å². The van der Waals surface area contributed by atoms with Gasteiger partial charge >= 0.3 is 6.03 Å². The zero-order valence-electron chi connectivity index (χ0n) is 6.61. The van der Waals surface area contributed by atoms with E-state index in [2.05, 4.69) is 5.32 Å². The molecule has 0 heterocycles. The number of nitrogens with one attached hydrogen (secondary N) is 1. The Labute approximate surface area is 74.2 Å². The number of carboxylic acids is 1. The summed E-state index contributed by atoms with van der Waals surface area (Å²) in [5, 5.41) is 12.6. The number of amides is 2. The number of rotatable bonds is 2. The van der Waals surface area contributed by atoms with Gasteiger partial charge in [0.1, 0.15) is 0 Å². The zero-order chi connectivity index (χ0) is 9.84. The minimum atomic E-state index is -1.26. The molecule has 0 saturated heterocycles. The van der Waals surface area contributed by atoms with E-state index in [1.165, 1.54) is 24.3 Å². The van der Waals surface area contributed by atoms with E-state index in [0.29, 0.717) is 5.69 Å². The molecule has 1 aromatic rings. The lowest BCUT2D eigenvalue weighted by atomic mass is 10.2. The molecule has 0 aliphatic heterocycles. The van der Waals surface area contributed by atoms with Crippen molar-refractivity contribution in [1.29, 1.82) is 0 Å². The molecule has 5 nitrogen and oxygen atoms in total. The topological polar surface area (TPSA) is 95.2 Å². The van der Waals surface area contributed by atoms with Crippen LogP contribution in [0.15, 0.2) is 24.3 Å². The maximum atomic E-state index is 10.4. The van der Waals surface area contributed by atoms with Gasteiger partial charge in [0.15, 0.2) is 0 Å². The maximum Gasteiger partial charge on any atom is 0.316 e. The quantitative estimate of drug-likeness (QED) is 0.643. The fraction of sp³-hybridized carbons (Fsp3) is 0. The van der Waals surface area contributed by atoms with Crippen LogP contribution in [0.1, 0.15) is 10.4 Å². The molecule has 0 fully saturated rings. The van der Waals surface area contributed by atoms with E-state index in [9.17, 15) is 14.7 Å². The molecule has 68 valence electrons. The molecule has 1 aromatic carbocycles. The Hall–Kier alpha value is -2.04. The van der Waals surface area contributed by atoms with Gasteiger partial charge in [0.25, 0.3) is 0 Å². The Kier molecular flexibility index (Phi) is 2.49. The Morgan fingerprint density at radius 2 is 1.77 bits per heavy atom. The predicted octanol–water partition coefficient (Wildman–Crippen LogP) is -0.459. The Balaban J connectivity index is 2.81. The van der Waals surface area contributed by atoms with Crippen LogP contribution >= 0.6 is 0 Å². The van der Waals surface area contributed by atoms with Crippen molar-refractivity contribution in [3.63, 3.8) is 0 Å². The first-order chi connectivity index (χ1) is 6.09. The lowest BCUT2D eigenvalue weighted by Crippen LogP contribution is -2.22. The number of hydrogen-bond acceptors (Lipinski definition) is 3. The number of hydrogen-bond donors (Lipinski definition) is 2. The minimum absolute atomic E-state index is 0.0509. The maximum absolute atomic E-state index is 10.4. The first kappa shape index (κ1) is 9.05. The average molecular weight is 179 g/mol. The van der Waals surface area contributed by atoms with Crippen molar-refractivity contribution in [3.05, 3.63) is 29.8 Å². The van der Waals surface area contributed by atoms with Crippen molar-refractivity contribution in [1.82, 2.24) is 0 Å². The second-order valence-electron chi connectivity index (χ2n) is 2.35. The molecule has 0 spiro atoms. The monoisotopic (exact) mass is 179 g/mol. The van der Waals surface area contributed by atoms with Gasteiger partial charge in [-0.15, -0.1) is 0 Å². The van der Waals surface area contributed by atoms with Gasteiger partial charge in [-0.1, -0.05) is 12.1 Å². The van der Waals surface area contributed by atoms with Crippen LogP contribution in [-0.2, 0) is 0 Å². The largest absolute Gasteiger partial charge is 0.545 e. The second kappa shape index (κ2) is 3.57. The van der Waals surface area contributed by atoms with Gasteiger partial charge in [0, 0.05) is 5.69 Å². The van der Waals surface area contributed by atoms with Gasteiger partial charge in [-0.2, -0.15) is 0 Å². The van der Waals surface area contributed by atoms with Gasteiger partial charge in [-0.3, -0.25) is 0 Å². The molecular formula is C8H7N2O3-. The van der Waals surface area contributed by atoms with Gasteiger partial charge < -0.3 is 21.0 Å². The van der Waals surface area contributed by atoms with Gasteiger partial charge in [-0.05, 0) is 17.7 Å². The molecule has 0 aromatic heterocycles. The smallest absolute Gasteiger partial charge is 0.316 e. The van der Waals surface area contributed by atoms with Crippen molar-refractivity contribution in [2.45, 2.75) is 0 Å². The number of primary amides is 1. The minimum Gasteiger partial charge on any atom is -0.545 e. The molecule has 0 unspecified atom stereocenters. The molecule has 0 aliphatic rings. The molecule has 13 heavy (non-hydrogen) atoms. The van der Waals surface area contributed by atoms with Crippen molar-refractivity contribution in [2.24, 2.45) is 5.73 Å². The molecule has 5 heteroatoms. The average Bonchev–Trinajstić information content (AvgIpc) is 2.04. The zero-order valence-corrected chi connectivity index (χ0v) is 6.61. The summed E-state index contributed by atoms with van der Waals surface area (Å²) in [5.41, 5.74) is 5.34. The van der Waals surface area contributed by atoms with Crippen molar-refractivity contribution in [3.8, 4) is 0 Å². The van der Waals surface area contributed by atoms with Gasteiger partial charge in [0.2, 0.25) is 0 Å². The number of benzene rings is 1. The Morgan fingerprint density at radius 1 is 1.23 bits per heavy atom. The molecule has 0 saturated carbocycles. The number of aromatic carboxylic acids is 1. The van der Waals surface area contributed by atoms with Gasteiger partial charge in [0.05, 0.1) is 5.97 Å². The summed E-state index contributed by atoms with van der Waals surface area (Å²) in [6.45, 7) is 0. The SMILES string of the molecule is NC(=O)Nc1ccc(C(=O)[O-])cc1. The Morgan fingerprint density at radius 3 is 2.15 bits per heavy atom. The first-order valence-electron chi connectivity index (χ1n) is 3.47. The summed E-state index contributed by atoms with van der Waals surface area (Å²) in [5.74, 6) is -1.26. The van der Waals surface area contributed by atoms with E-state index in [0.717, 1.165) is 0 Å². The van der Waals surface area contributed by atoms with Gasteiger partial charge in [-0.25, -0.2) is 4.79 Å². The Bertz CT molecular complexity index is 332. The van der Waals surface area contributed by atoms with E-state index in [1.807, 2.05) is 0 Å². The predicted molar refractivity (Wildman–Crippen MR) is 44.0 cm³/mol. The summed E-state index contributed by atoms with van der Waals surface area (Å²) < 4.78 is 0. The summed E-state index contributed by atoms with van der Waals surface area (Å²) in [6, 6.07) is 4.80. The third-order valence-corrected chi connectivity index (χ3v) is 1.39. The van der Waals surface area contributed by atoms with E-state index < -0.39 is 12.0 Å². The number of carbonyl (C=O) groups is 2. The third kappa shape index (κ3) is 2.48. The highest BCUT2D eigenvalue weighted by atomic mass is 16.4. The molecule has 0 aliphatic carbocycles. The number of carboxylic acid groups (broad SMARTS) is 1. The van der Waals surface area contributed by atoms with Crippen LogP contribution in [0, 0.1) is 0 Å². The van der Waals surface area contributed by atoms with Crippen molar-refractivity contribution in [2.75, 3.05) is 5.32 Å². The van der Waals surface area contributed by atoms with Crippen molar-refractivity contribution < 1.29 is 14.7 Å². The lowest BCUT2D eigenvalue weighted by molar-refractivity contribution is -0.255. The van der Waals surface area contributed by atoms with Crippen LogP contribution in [0.2, 0.25) is 0 Å². The molecule has 0 radical (unpaired) electrons. The summed E-state index contributed by atoms with van der Waals surface area (Å²) in [7, 11) is 0. The van der Waals surface area contributed by atoms with E-state index in [1.54, 1.807) is 0 Å². The normalized spacial score (nSPS) is 9.23. The first-order valence-corrected chi connectivity index (χ1v) is 3.47. The molecule has 0 atom stereocenters. The molecule has 0 bridgehead atoms. The number of anilines is 1. The molecule has 2 amide bonds. The highest BCUT2D eigenvalue weighted by Crippen LogP contribution is 2.08. The van der Waals surface area contributed by atoms with E-state index in [-0.39, 0.29) is 5.56 Å². The molecule has 1 rings (SSSR count). The molecule has 3 N–H and O–H groups in total. The summed E-state index contributed by atoms with van der Waals surface area (Å²) in [4.78, 5) is 20.7. The summed E-state index contributed by atoms with van der Waals surface area (Å²) >= 11 is 0. The van der Waals surface area contributed by atoms with E-state index in [4.69, 9.17) is 5.73 Å². The fourth-order valence-electron chi connectivity index (χ4n) is 0.832. The van der Waals surface area contributed by atoms with Crippen LogP contribution in [0.5, 0.6) is 0 Å². The second-order valence-corrected chi connectivity index (χ2v) is 2.35.